The molecule has 3 atom stereocenters. The van der Waals surface area contributed by atoms with Gasteiger partial charge in [0.2, 0.25) is 0 Å². The molecule has 1 aliphatic rings. The highest BCUT2D eigenvalue weighted by Crippen LogP contribution is 2.31. The van der Waals surface area contributed by atoms with Crippen LogP contribution in [0.15, 0.2) is 18.3 Å². The van der Waals surface area contributed by atoms with Crippen molar-refractivity contribution in [3.8, 4) is 0 Å². The summed E-state index contributed by atoms with van der Waals surface area (Å²) in [5, 5.41) is 0. The molecule has 1 aromatic rings. The molecule has 2 heterocycles. The van der Waals surface area contributed by atoms with Crippen molar-refractivity contribution in [2.24, 2.45) is 11.7 Å². The van der Waals surface area contributed by atoms with Crippen LogP contribution in [0.4, 0.5) is 5.82 Å². The number of anilines is 1. The average molecular weight is 219 g/mol. The van der Waals surface area contributed by atoms with E-state index < -0.39 is 0 Å². The van der Waals surface area contributed by atoms with Crippen molar-refractivity contribution in [2.45, 2.75) is 39.3 Å². The second-order valence-corrected chi connectivity index (χ2v) is 5.05. The minimum absolute atomic E-state index is 0.0480. The fraction of sp³-hybridized carbons (Fsp3) is 0.615. The zero-order chi connectivity index (χ0) is 11.7. The Morgan fingerprint density at radius 1 is 1.50 bits per heavy atom. The quantitative estimate of drug-likeness (QED) is 0.830. The summed E-state index contributed by atoms with van der Waals surface area (Å²) in [4.78, 5) is 6.90. The smallest absolute Gasteiger partial charge is 0.133 e. The second-order valence-electron chi connectivity index (χ2n) is 5.05. The summed E-state index contributed by atoms with van der Waals surface area (Å²) in [5.41, 5.74) is 7.15. The monoisotopic (exact) mass is 219 g/mol. The van der Waals surface area contributed by atoms with E-state index in [1.165, 1.54) is 6.42 Å². The van der Waals surface area contributed by atoms with E-state index in [2.05, 4.69) is 29.8 Å². The largest absolute Gasteiger partial charge is 0.353 e. The molecule has 0 aromatic carbocycles. The number of hydrogen-bond donors (Lipinski definition) is 1. The van der Waals surface area contributed by atoms with Crippen LogP contribution < -0.4 is 10.6 Å². The summed E-state index contributed by atoms with van der Waals surface area (Å²) in [7, 11) is 0. The molecule has 0 aliphatic carbocycles. The van der Waals surface area contributed by atoms with Gasteiger partial charge in [-0.1, -0.05) is 13.0 Å². The van der Waals surface area contributed by atoms with E-state index in [0.717, 1.165) is 23.8 Å². The first kappa shape index (κ1) is 11.4. The summed E-state index contributed by atoms with van der Waals surface area (Å²) in [6.45, 7) is 7.68. The van der Waals surface area contributed by atoms with E-state index >= 15 is 0 Å². The number of nitrogens with zero attached hydrogens (tertiary/aromatic N) is 2. The van der Waals surface area contributed by atoms with Gasteiger partial charge < -0.3 is 10.6 Å². The topological polar surface area (TPSA) is 42.2 Å². The average Bonchev–Trinajstić information content (AvgIpc) is 2.57. The molecule has 16 heavy (non-hydrogen) atoms. The lowest BCUT2D eigenvalue weighted by atomic mass is 10.1. The molecular weight excluding hydrogens is 198 g/mol. The summed E-state index contributed by atoms with van der Waals surface area (Å²) in [5.74, 6) is 1.83. The van der Waals surface area contributed by atoms with Crippen LogP contribution in [-0.2, 0) is 0 Å². The van der Waals surface area contributed by atoms with Gasteiger partial charge in [0, 0.05) is 30.4 Å². The fourth-order valence-electron chi connectivity index (χ4n) is 2.60. The van der Waals surface area contributed by atoms with Gasteiger partial charge in [-0.05, 0) is 32.3 Å². The summed E-state index contributed by atoms with van der Waals surface area (Å²) in [6, 6.07) is 4.67. The molecular formula is C13H21N3. The van der Waals surface area contributed by atoms with Crippen molar-refractivity contribution in [2.75, 3.05) is 11.4 Å². The lowest BCUT2D eigenvalue weighted by molar-refractivity contribution is 0.625. The number of pyridine rings is 1. The van der Waals surface area contributed by atoms with Crippen LogP contribution in [0, 0.1) is 5.92 Å². The van der Waals surface area contributed by atoms with Gasteiger partial charge in [-0.15, -0.1) is 0 Å². The minimum atomic E-state index is 0.0480. The van der Waals surface area contributed by atoms with Crippen molar-refractivity contribution in [3.63, 3.8) is 0 Å². The minimum Gasteiger partial charge on any atom is -0.353 e. The van der Waals surface area contributed by atoms with Gasteiger partial charge in [0.05, 0.1) is 0 Å². The molecule has 3 nitrogen and oxygen atoms in total. The third kappa shape index (κ3) is 2.05. The standard InChI is InChI=1S/C13H21N3/c1-9-7-10(2)16(8-9)13-12(11(3)14)5-4-6-15-13/h4-6,9-11H,7-8,14H2,1-3H3. The lowest BCUT2D eigenvalue weighted by Crippen LogP contribution is -2.29. The zero-order valence-corrected chi connectivity index (χ0v) is 10.4. The molecule has 3 heteroatoms. The number of hydrogen-bond acceptors (Lipinski definition) is 3. The van der Waals surface area contributed by atoms with Crippen LogP contribution >= 0.6 is 0 Å². The molecule has 2 rings (SSSR count). The predicted octanol–water partition coefficient (Wildman–Crippen LogP) is 2.34. The van der Waals surface area contributed by atoms with Crippen molar-refractivity contribution in [1.82, 2.24) is 4.98 Å². The highest BCUT2D eigenvalue weighted by Gasteiger charge is 2.28. The Hall–Kier alpha value is -1.09. The summed E-state index contributed by atoms with van der Waals surface area (Å²) >= 11 is 0. The van der Waals surface area contributed by atoms with Crippen LogP contribution in [0.5, 0.6) is 0 Å². The van der Waals surface area contributed by atoms with E-state index in [4.69, 9.17) is 5.73 Å². The van der Waals surface area contributed by atoms with Gasteiger partial charge in [0.25, 0.3) is 0 Å². The van der Waals surface area contributed by atoms with Gasteiger partial charge in [-0.2, -0.15) is 0 Å². The van der Waals surface area contributed by atoms with Crippen LogP contribution in [-0.4, -0.2) is 17.6 Å². The first-order chi connectivity index (χ1) is 7.59. The Labute approximate surface area is 97.7 Å². The molecule has 0 saturated carbocycles. The molecule has 1 aromatic heterocycles. The molecule has 2 N–H and O–H groups in total. The number of rotatable bonds is 2. The van der Waals surface area contributed by atoms with E-state index in [-0.39, 0.29) is 6.04 Å². The zero-order valence-electron chi connectivity index (χ0n) is 10.4. The van der Waals surface area contributed by atoms with Gasteiger partial charge in [0.15, 0.2) is 0 Å². The lowest BCUT2D eigenvalue weighted by Gasteiger charge is -2.26. The normalized spacial score (nSPS) is 27.1. The third-order valence-electron chi connectivity index (χ3n) is 3.36. The van der Waals surface area contributed by atoms with Crippen molar-refractivity contribution in [3.05, 3.63) is 23.9 Å². The van der Waals surface area contributed by atoms with Crippen LogP contribution in [0.25, 0.3) is 0 Å². The maximum absolute atomic E-state index is 6.00. The van der Waals surface area contributed by atoms with Crippen LogP contribution in [0.2, 0.25) is 0 Å². The molecule has 0 radical (unpaired) electrons. The fourth-order valence-corrected chi connectivity index (χ4v) is 2.60. The highest BCUT2D eigenvalue weighted by molar-refractivity contribution is 5.50. The van der Waals surface area contributed by atoms with E-state index in [1.807, 2.05) is 19.2 Å². The van der Waals surface area contributed by atoms with Gasteiger partial charge in [0.1, 0.15) is 5.82 Å². The molecule has 1 saturated heterocycles. The van der Waals surface area contributed by atoms with Crippen molar-refractivity contribution in [1.29, 1.82) is 0 Å². The predicted molar refractivity (Wildman–Crippen MR) is 67.4 cm³/mol. The molecule has 0 amide bonds. The molecule has 0 spiro atoms. The molecule has 88 valence electrons. The first-order valence-corrected chi connectivity index (χ1v) is 6.06. The Bertz CT molecular complexity index is 362. The van der Waals surface area contributed by atoms with E-state index in [9.17, 15) is 0 Å². The van der Waals surface area contributed by atoms with E-state index in [1.54, 1.807) is 0 Å². The van der Waals surface area contributed by atoms with Crippen molar-refractivity contribution < 1.29 is 0 Å². The summed E-state index contributed by atoms with van der Waals surface area (Å²) in [6.07, 6.45) is 3.10. The van der Waals surface area contributed by atoms with Crippen molar-refractivity contribution >= 4 is 5.82 Å². The van der Waals surface area contributed by atoms with Gasteiger partial charge in [-0.25, -0.2) is 4.98 Å². The second kappa shape index (κ2) is 4.42. The number of nitrogens with two attached hydrogens (primary N) is 1. The van der Waals surface area contributed by atoms with Gasteiger partial charge >= 0.3 is 0 Å². The molecule has 1 aliphatic heterocycles. The first-order valence-electron chi connectivity index (χ1n) is 6.06. The van der Waals surface area contributed by atoms with Gasteiger partial charge in [-0.3, -0.25) is 0 Å². The molecule has 1 fully saturated rings. The Balaban J connectivity index is 2.33. The SMILES string of the molecule is CC1CC(C)N(c2ncccc2C(C)N)C1. The highest BCUT2D eigenvalue weighted by atomic mass is 15.2. The Morgan fingerprint density at radius 3 is 2.81 bits per heavy atom. The maximum Gasteiger partial charge on any atom is 0.133 e. The molecule has 0 bridgehead atoms. The molecule has 3 unspecified atom stereocenters. The van der Waals surface area contributed by atoms with Crippen LogP contribution in [0.3, 0.4) is 0 Å². The van der Waals surface area contributed by atoms with Crippen LogP contribution in [0.1, 0.15) is 38.8 Å². The maximum atomic E-state index is 6.00. The number of aromatic nitrogens is 1. The van der Waals surface area contributed by atoms with E-state index in [0.29, 0.717) is 6.04 Å². The third-order valence-corrected chi connectivity index (χ3v) is 3.36. The Kier molecular flexibility index (Phi) is 3.15. The Morgan fingerprint density at radius 2 is 2.25 bits per heavy atom. The summed E-state index contributed by atoms with van der Waals surface area (Å²) < 4.78 is 0.